The fraction of sp³-hybridized carbons (Fsp3) is 0.367. The maximum absolute atomic E-state index is 13.6. The van der Waals surface area contributed by atoms with Gasteiger partial charge >= 0.3 is 6.61 Å². The highest BCUT2D eigenvalue weighted by Crippen LogP contribution is 2.31. The van der Waals surface area contributed by atoms with Gasteiger partial charge in [0.1, 0.15) is 5.75 Å². The van der Waals surface area contributed by atoms with E-state index in [2.05, 4.69) is 35.1 Å². The summed E-state index contributed by atoms with van der Waals surface area (Å²) in [6.45, 7) is 4.78. The first-order valence-corrected chi connectivity index (χ1v) is 14.0. The molecule has 2 N–H and O–H groups in total. The van der Waals surface area contributed by atoms with E-state index in [9.17, 15) is 13.6 Å². The van der Waals surface area contributed by atoms with Crippen LogP contribution in [0, 0.1) is 6.92 Å². The Morgan fingerprint density at radius 3 is 2.63 bits per heavy atom. The minimum Gasteiger partial charge on any atom is -0.435 e. The Balaban J connectivity index is 1.17. The summed E-state index contributed by atoms with van der Waals surface area (Å²) in [5.74, 6) is 0.749. The Bertz CT molecular complexity index is 1520. The monoisotopic (exact) mass is 561 g/mol. The van der Waals surface area contributed by atoms with Gasteiger partial charge in [0.05, 0.1) is 11.9 Å². The molecule has 0 unspecified atom stereocenters. The number of benzene rings is 2. The molecule has 11 heteroatoms. The number of amides is 1. The summed E-state index contributed by atoms with van der Waals surface area (Å²) in [5.41, 5.74) is 4.61. The molecule has 214 valence electrons. The first-order chi connectivity index (χ1) is 20.0. The number of nitrogens with zero attached hydrogens (tertiary/aromatic N) is 5. The van der Waals surface area contributed by atoms with Gasteiger partial charge in [0.15, 0.2) is 11.5 Å². The van der Waals surface area contributed by atoms with E-state index in [-0.39, 0.29) is 11.7 Å². The molecule has 1 aliphatic carbocycles. The van der Waals surface area contributed by atoms with Crippen molar-refractivity contribution in [2.45, 2.75) is 32.4 Å². The zero-order valence-corrected chi connectivity index (χ0v) is 22.9. The summed E-state index contributed by atoms with van der Waals surface area (Å²) in [5, 5.41) is 6.73. The number of alkyl halides is 2. The molecule has 41 heavy (non-hydrogen) atoms. The smallest absolute Gasteiger partial charge is 0.387 e. The first kappa shape index (κ1) is 27.1. The van der Waals surface area contributed by atoms with Gasteiger partial charge in [-0.05, 0) is 67.8 Å². The average Bonchev–Trinajstić information content (AvgIpc) is 3.71. The highest BCUT2D eigenvalue weighted by atomic mass is 19.3. The number of piperazine rings is 1. The molecule has 2 fully saturated rings. The molecule has 0 radical (unpaired) electrons. The predicted octanol–water partition coefficient (Wildman–Crippen LogP) is 4.56. The summed E-state index contributed by atoms with van der Waals surface area (Å²) in [6, 6.07) is 12.5. The highest BCUT2D eigenvalue weighted by molar-refractivity contribution is 5.96. The number of rotatable bonds is 10. The third-order valence-electron chi connectivity index (χ3n) is 7.64. The predicted molar refractivity (Wildman–Crippen MR) is 153 cm³/mol. The molecule has 9 nitrogen and oxygen atoms in total. The fourth-order valence-electron chi connectivity index (χ4n) is 5.32. The van der Waals surface area contributed by atoms with Gasteiger partial charge in [-0.1, -0.05) is 0 Å². The third kappa shape index (κ3) is 6.15. The van der Waals surface area contributed by atoms with E-state index >= 15 is 0 Å². The van der Waals surface area contributed by atoms with Gasteiger partial charge in [-0.3, -0.25) is 14.1 Å². The van der Waals surface area contributed by atoms with Gasteiger partial charge in [-0.15, -0.1) is 0 Å². The fourth-order valence-corrected chi connectivity index (χ4v) is 5.32. The van der Waals surface area contributed by atoms with Crippen LogP contribution in [0.4, 0.5) is 20.3 Å². The Labute approximate surface area is 237 Å². The first-order valence-electron chi connectivity index (χ1n) is 14.0. The maximum Gasteiger partial charge on any atom is 0.387 e. The number of fused-ring (bicyclic) bond motifs is 1. The minimum atomic E-state index is -2.87. The van der Waals surface area contributed by atoms with Crippen molar-refractivity contribution in [3.05, 3.63) is 72.2 Å². The molecule has 1 aliphatic heterocycles. The van der Waals surface area contributed by atoms with E-state index in [0.717, 1.165) is 80.2 Å². The third-order valence-corrected chi connectivity index (χ3v) is 7.64. The second-order valence-electron chi connectivity index (χ2n) is 10.5. The largest absolute Gasteiger partial charge is 0.435 e. The second-order valence-corrected chi connectivity index (χ2v) is 10.5. The summed E-state index contributed by atoms with van der Waals surface area (Å²) >= 11 is 0. The van der Waals surface area contributed by atoms with Crippen molar-refractivity contribution >= 4 is 23.1 Å². The van der Waals surface area contributed by atoms with Crippen LogP contribution in [0.5, 0.6) is 5.75 Å². The van der Waals surface area contributed by atoms with Crippen LogP contribution in [0.2, 0.25) is 0 Å². The lowest BCUT2D eigenvalue weighted by atomic mass is 10.1. The lowest BCUT2D eigenvalue weighted by Gasteiger charge is -2.31. The number of hydrogen-bond acceptors (Lipinski definition) is 7. The average molecular weight is 562 g/mol. The van der Waals surface area contributed by atoms with Gasteiger partial charge in [-0.2, -0.15) is 8.78 Å². The number of carbonyl (C=O) groups excluding carboxylic acids is 1. The molecule has 3 heterocycles. The Hall–Kier alpha value is -4.09. The van der Waals surface area contributed by atoms with Gasteiger partial charge in [-0.25, -0.2) is 9.97 Å². The van der Waals surface area contributed by atoms with Gasteiger partial charge in [0.2, 0.25) is 0 Å². The Morgan fingerprint density at radius 2 is 1.93 bits per heavy atom. The molecule has 6 rings (SSSR count). The molecule has 0 atom stereocenters. The van der Waals surface area contributed by atoms with Crippen LogP contribution in [0.15, 0.2) is 61.1 Å². The van der Waals surface area contributed by atoms with Gasteiger partial charge in [0.25, 0.3) is 5.91 Å². The lowest BCUT2D eigenvalue weighted by molar-refractivity contribution is -0.0498. The summed E-state index contributed by atoms with van der Waals surface area (Å²) in [6.07, 6.45) is 7.33. The zero-order chi connectivity index (χ0) is 28.3. The number of anilines is 2. The maximum atomic E-state index is 13.6. The quantitative estimate of drug-likeness (QED) is 0.294. The van der Waals surface area contributed by atoms with E-state index in [4.69, 9.17) is 0 Å². The molecule has 4 aromatic rings. The number of ether oxygens (including phenoxy) is 1. The van der Waals surface area contributed by atoms with E-state index in [1.807, 2.05) is 29.5 Å². The Morgan fingerprint density at radius 1 is 1.15 bits per heavy atom. The molecule has 1 amide bonds. The van der Waals surface area contributed by atoms with Crippen molar-refractivity contribution in [3.63, 3.8) is 0 Å². The van der Waals surface area contributed by atoms with Crippen molar-refractivity contribution in [2.24, 2.45) is 0 Å². The Kier molecular flexibility index (Phi) is 7.80. The summed E-state index contributed by atoms with van der Waals surface area (Å²) in [4.78, 5) is 27.1. The van der Waals surface area contributed by atoms with Gasteiger partial charge < -0.3 is 20.3 Å². The van der Waals surface area contributed by atoms with Crippen molar-refractivity contribution < 1.29 is 18.3 Å². The molecule has 1 saturated heterocycles. The SMILES string of the molecule is Cc1cc(Nc2nccn3c(-c4ccc(OC(F)F)cc4)cnc23)ccc1C(=O)N(CCN1CCNCC1)C1CC1. The van der Waals surface area contributed by atoms with Crippen LogP contribution in [0.1, 0.15) is 28.8 Å². The van der Waals surface area contributed by atoms with Crippen LogP contribution >= 0.6 is 0 Å². The summed E-state index contributed by atoms with van der Waals surface area (Å²) in [7, 11) is 0. The van der Waals surface area contributed by atoms with E-state index in [1.54, 1.807) is 30.7 Å². The van der Waals surface area contributed by atoms with Crippen LogP contribution in [-0.2, 0) is 0 Å². The molecule has 0 bridgehead atoms. The number of imidazole rings is 1. The second kappa shape index (κ2) is 11.8. The van der Waals surface area contributed by atoms with Crippen LogP contribution in [0.25, 0.3) is 16.9 Å². The number of hydrogen-bond donors (Lipinski definition) is 2. The van der Waals surface area contributed by atoms with Crippen LogP contribution in [-0.4, -0.2) is 82.0 Å². The minimum absolute atomic E-state index is 0.0924. The van der Waals surface area contributed by atoms with E-state index in [1.165, 1.54) is 12.1 Å². The molecule has 2 aliphatic rings. The van der Waals surface area contributed by atoms with E-state index < -0.39 is 6.61 Å². The van der Waals surface area contributed by atoms with E-state index in [0.29, 0.717) is 17.5 Å². The van der Waals surface area contributed by atoms with Crippen molar-refractivity contribution in [2.75, 3.05) is 44.6 Å². The molecular weight excluding hydrogens is 528 g/mol. The van der Waals surface area contributed by atoms with Crippen molar-refractivity contribution in [1.82, 2.24) is 29.5 Å². The van der Waals surface area contributed by atoms with Crippen LogP contribution in [0.3, 0.4) is 0 Å². The lowest BCUT2D eigenvalue weighted by Crippen LogP contribution is -2.47. The molecule has 2 aromatic carbocycles. The van der Waals surface area contributed by atoms with Crippen LogP contribution < -0.4 is 15.4 Å². The molecule has 0 spiro atoms. The molecular formula is C30H33F2N7O2. The standard InChI is InChI=1S/C30H33F2N7O2/c1-20-18-22(4-9-25(20)29(40)38(23-5-6-23)17-16-37-13-10-33-11-14-37)36-27-28-35-19-26(39(28)15-12-34-27)21-2-7-24(8-3-21)41-30(31)32/h2-4,7-9,12,15,18-19,23,30,33H,5-6,10-11,13-14,16-17H2,1H3,(H,34,36). The zero-order valence-electron chi connectivity index (χ0n) is 22.9. The molecule has 2 aromatic heterocycles. The molecule has 1 saturated carbocycles. The number of nitrogens with one attached hydrogen (secondary N) is 2. The van der Waals surface area contributed by atoms with Gasteiger partial charge in [0, 0.05) is 74.5 Å². The highest BCUT2D eigenvalue weighted by Gasteiger charge is 2.33. The summed E-state index contributed by atoms with van der Waals surface area (Å²) < 4.78 is 31.3. The van der Waals surface area contributed by atoms with Crippen molar-refractivity contribution in [1.29, 1.82) is 0 Å². The number of aryl methyl sites for hydroxylation is 1. The number of carbonyl (C=O) groups is 1. The normalized spacial score (nSPS) is 15.8. The van der Waals surface area contributed by atoms with Crippen molar-refractivity contribution in [3.8, 4) is 17.0 Å². The topological polar surface area (TPSA) is 87.0 Å². The number of halogens is 2. The number of aromatic nitrogens is 3.